The molecule has 0 aliphatic rings. The Morgan fingerprint density at radius 3 is 1.59 bits per heavy atom. The van der Waals surface area contributed by atoms with Crippen LogP contribution in [-0.4, -0.2) is 9.13 Å². The van der Waals surface area contributed by atoms with E-state index in [1.807, 2.05) is 6.08 Å². The van der Waals surface area contributed by atoms with E-state index in [1.54, 1.807) is 0 Å². The summed E-state index contributed by atoms with van der Waals surface area (Å²) in [7, 11) is 0. The SMILES string of the molecule is C=C/C=c1\c(=C/C)n(-c2ccccc2)c2ccc(-c3ccc4c(c3)c3ccccc3n4-c3ccc4c5ccccc5c5ccccc5c4c3)cc12. The Hall–Kier alpha value is -6.64. The van der Waals surface area contributed by atoms with E-state index in [9.17, 15) is 0 Å². The molecule has 0 atom stereocenters. The van der Waals surface area contributed by atoms with Crippen LogP contribution in [0.1, 0.15) is 6.92 Å². The van der Waals surface area contributed by atoms with E-state index < -0.39 is 0 Å². The molecule has 0 bridgehead atoms. The summed E-state index contributed by atoms with van der Waals surface area (Å²) >= 11 is 0. The molecule has 2 aromatic heterocycles. The zero-order valence-electron chi connectivity index (χ0n) is 28.3. The van der Waals surface area contributed by atoms with Crippen molar-refractivity contribution in [1.29, 1.82) is 0 Å². The van der Waals surface area contributed by atoms with E-state index in [2.05, 4.69) is 193 Å². The van der Waals surface area contributed by atoms with Crippen molar-refractivity contribution in [1.82, 2.24) is 9.13 Å². The fourth-order valence-corrected chi connectivity index (χ4v) is 8.41. The van der Waals surface area contributed by atoms with Crippen molar-refractivity contribution in [2.45, 2.75) is 6.92 Å². The van der Waals surface area contributed by atoms with Gasteiger partial charge in [0.05, 0.1) is 16.6 Å². The van der Waals surface area contributed by atoms with Crippen molar-refractivity contribution < 1.29 is 0 Å². The molecule has 0 fully saturated rings. The van der Waals surface area contributed by atoms with Crippen molar-refractivity contribution >= 4 is 77.2 Å². The van der Waals surface area contributed by atoms with Crippen LogP contribution in [0, 0.1) is 0 Å². The van der Waals surface area contributed by atoms with Crippen LogP contribution in [0.25, 0.3) is 99.7 Å². The maximum atomic E-state index is 4.06. The molecular formula is C49H34N2. The minimum Gasteiger partial charge on any atom is -0.310 e. The van der Waals surface area contributed by atoms with Gasteiger partial charge >= 0.3 is 0 Å². The first-order valence-electron chi connectivity index (χ1n) is 17.6. The van der Waals surface area contributed by atoms with Gasteiger partial charge in [0.15, 0.2) is 0 Å². The Bertz CT molecular complexity index is 3120. The molecule has 0 aliphatic heterocycles. The Morgan fingerprint density at radius 2 is 0.941 bits per heavy atom. The van der Waals surface area contributed by atoms with E-state index in [4.69, 9.17) is 0 Å². The molecule has 0 saturated heterocycles. The predicted octanol–water partition coefficient (Wildman–Crippen LogP) is 11.6. The molecule has 0 unspecified atom stereocenters. The van der Waals surface area contributed by atoms with Gasteiger partial charge in [0.25, 0.3) is 0 Å². The first-order valence-corrected chi connectivity index (χ1v) is 17.6. The number of allylic oxidation sites excluding steroid dienone is 1. The third kappa shape index (κ3) is 4.36. The summed E-state index contributed by atoms with van der Waals surface area (Å²) in [5.41, 5.74) is 8.29. The minimum atomic E-state index is 1.15. The largest absolute Gasteiger partial charge is 0.310 e. The molecule has 0 radical (unpaired) electrons. The number of para-hydroxylation sites is 2. The summed E-state index contributed by atoms with van der Waals surface area (Å²) in [4.78, 5) is 0. The molecule has 240 valence electrons. The molecule has 0 N–H and O–H groups in total. The van der Waals surface area contributed by atoms with Gasteiger partial charge < -0.3 is 9.13 Å². The number of benzene rings is 8. The van der Waals surface area contributed by atoms with Gasteiger partial charge in [-0.15, -0.1) is 0 Å². The van der Waals surface area contributed by atoms with Gasteiger partial charge in [0.2, 0.25) is 0 Å². The Balaban J connectivity index is 1.19. The number of nitrogens with zero attached hydrogens (tertiary/aromatic N) is 2. The third-order valence-corrected chi connectivity index (χ3v) is 10.6. The summed E-state index contributed by atoms with van der Waals surface area (Å²) in [6.45, 7) is 6.17. The van der Waals surface area contributed by atoms with Gasteiger partial charge in [-0.3, -0.25) is 0 Å². The maximum absolute atomic E-state index is 4.06. The second-order valence-electron chi connectivity index (χ2n) is 13.3. The zero-order chi connectivity index (χ0) is 34.1. The smallest absolute Gasteiger partial charge is 0.0541 e. The average Bonchev–Trinajstić information content (AvgIpc) is 3.70. The summed E-state index contributed by atoms with van der Waals surface area (Å²) < 4.78 is 4.78. The van der Waals surface area contributed by atoms with E-state index in [0.717, 1.165) is 5.69 Å². The summed E-state index contributed by atoms with van der Waals surface area (Å²) in [5.74, 6) is 0. The van der Waals surface area contributed by atoms with E-state index in [1.165, 1.54) is 92.4 Å². The van der Waals surface area contributed by atoms with Crippen LogP contribution < -0.4 is 10.6 Å². The maximum Gasteiger partial charge on any atom is 0.0541 e. The van der Waals surface area contributed by atoms with E-state index >= 15 is 0 Å². The molecule has 2 heterocycles. The molecule has 2 heteroatoms. The minimum absolute atomic E-state index is 1.15. The predicted molar refractivity (Wildman–Crippen MR) is 220 cm³/mol. The molecular weight excluding hydrogens is 617 g/mol. The highest BCUT2D eigenvalue weighted by atomic mass is 15.0. The number of fused-ring (bicyclic) bond motifs is 10. The molecule has 10 rings (SSSR count). The molecule has 0 amide bonds. The quantitative estimate of drug-likeness (QED) is 0.168. The Morgan fingerprint density at radius 1 is 0.412 bits per heavy atom. The molecule has 10 aromatic rings. The van der Waals surface area contributed by atoms with Crippen LogP contribution >= 0.6 is 0 Å². The molecule has 2 nitrogen and oxygen atoms in total. The summed E-state index contributed by atoms with van der Waals surface area (Å²) in [5, 5.41) is 13.8. The first-order chi connectivity index (χ1) is 25.2. The fourth-order valence-electron chi connectivity index (χ4n) is 8.41. The van der Waals surface area contributed by atoms with Crippen LogP contribution in [0.15, 0.2) is 170 Å². The lowest BCUT2D eigenvalue weighted by Crippen LogP contribution is -2.27. The lowest BCUT2D eigenvalue weighted by atomic mass is 9.94. The summed E-state index contributed by atoms with van der Waals surface area (Å²) in [6, 6.07) is 57.8. The number of rotatable bonds is 4. The summed E-state index contributed by atoms with van der Waals surface area (Å²) in [6.07, 6.45) is 6.22. The van der Waals surface area contributed by atoms with Crippen LogP contribution in [0.5, 0.6) is 0 Å². The van der Waals surface area contributed by atoms with Gasteiger partial charge in [-0.05, 0) is 105 Å². The molecule has 0 aliphatic carbocycles. The standard InChI is InChI=1S/C49H34N2/c1-3-14-41-44-29-32(23-27-48(44)50(46(41)4-2)34-15-6-5-7-16-34)33-24-28-49-45(30-33)42-21-12-13-22-47(42)51(49)35-25-26-40-38-19-9-8-17-36(38)37-18-10-11-20-39(37)43(40)31-35/h3-31H,1H2,2H3/b41-14-,46-4+. The molecule has 0 spiro atoms. The Kier molecular flexibility index (Phi) is 6.59. The van der Waals surface area contributed by atoms with E-state index in [0.29, 0.717) is 0 Å². The van der Waals surface area contributed by atoms with Crippen molar-refractivity contribution in [3.05, 3.63) is 181 Å². The topological polar surface area (TPSA) is 9.86 Å². The zero-order valence-corrected chi connectivity index (χ0v) is 28.3. The first kappa shape index (κ1) is 29.3. The lowest BCUT2D eigenvalue weighted by molar-refractivity contribution is 1.07. The lowest BCUT2D eigenvalue weighted by Gasteiger charge is -2.14. The van der Waals surface area contributed by atoms with Gasteiger partial charge in [0.1, 0.15) is 0 Å². The average molecular weight is 651 g/mol. The second kappa shape index (κ2) is 11.5. The highest BCUT2D eigenvalue weighted by Crippen LogP contribution is 2.39. The fraction of sp³-hybridized carbons (Fsp3) is 0.0204. The van der Waals surface area contributed by atoms with Crippen molar-refractivity contribution in [3.8, 4) is 22.5 Å². The monoisotopic (exact) mass is 650 g/mol. The van der Waals surface area contributed by atoms with Gasteiger partial charge in [0, 0.05) is 38.1 Å². The van der Waals surface area contributed by atoms with Crippen LogP contribution in [-0.2, 0) is 0 Å². The van der Waals surface area contributed by atoms with Crippen LogP contribution in [0.4, 0.5) is 0 Å². The number of aromatic nitrogens is 2. The highest BCUT2D eigenvalue weighted by Gasteiger charge is 2.16. The van der Waals surface area contributed by atoms with Gasteiger partial charge in [-0.2, -0.15) is 0 Å². The van der Waals surface area contributed by atoms with Crippen LogP contribution in [0.3, 0.4) is 0 Å². The van der Waals surface area contributed by atoms with E-state index in [-0.39, 0.29) is 0 Å². The normalized spacial score (nSPS) is 12.7. The van der Waals surface area contributed by atoms with Crippen molar-refractivity contribution in [3.63, 3.8) is 0 Å². The van der Waals surface area contributed by atoms with Crippen LogP contribution in [0.2, 0.25) is 0 Å². The van der Waals surface area contributed by atoms with Crippen molar-refractivity contribution in [2.75, 3.05) is 0 Å². The number of hydrogen-bond acceptors (Lipinski definition) is 0. The Labute approximate surface area is 295 Å². The third-order valence-electron chi connectivity index (χ3n) is 10.6. The highest BCUT2D eigenvalue weighted by molar-refractivity contribution is 6.25. The van der Waals surface area contributed by atoms with Crippen molar-refractivity contribution in [2.24, 2.45) is 0 Å². The number of hydrogen-bond donors (Lipinski definition) is 0. The van der Waals surface area contributed by atoms with Gasteiger partial charge in [-0.1, -0.05) is 128 Å². The second-order valence-corrected chi connectivity index (χ2v) is 13.3. The molecule has 8 aromatic carbocycles. The molecule has 0 saturated carbocycles. The van der Waals surface area contributed by atoms with Gasteiger partial charge in [-0.25, -0.2) is 0 Å². The molecule has 51 heavy (non-hydrogen) atoms.